The van der Waals surface area contributed by atoms with E-state index in [9.17, 15) is 19.8 Å². The summed E-state index contributed by atoms with van der Waals surface area (Å²) in [5.74, 6) is 18.0. The third-order valence-corrected chi connectivity index (χ3v) is 15.5. The van der Waals surface area contributed by atoms with Gasteiger partial charge in [-0.05, 0) is 161 Å². The smallest absolute Gasteiger partial charge is 0.155 e. The Kier molecular flexibility index (Phi) is 6.77. The molecule has 0 radical (unpaired) electrons. The fourth-order valence-electron chi connectivity index (χ4n) is 13.1. The zero-order chi connectivity index (χ0) is 30.5. The summed E-state index contributed by atoms with van der Waals surface area (Å²) in [7, 11) is 0. The van der Waals surface area contributed by atoms with Gasteiger partial charge in [0, 0.05) is 23.7 Å². The van der Waals surface area contributed by atoms with Crippen LogP contribution in [0.3, 0.4) is 0 Å². The van der Waals surface area contributed by atoms with E-state index in [1.807, 2.05) is 12.2 Å². The number of aliphatic hydroxyl groups is 2. The molecule has 8 aliphatic carbocycles. The lowest BCUT2D eigenvalue weighted by molar-refractivity contribution is -0.117. The second kappa shape index (κ2) is 10.2. The van der Waals surface area contributed by atoms with Crippen LogP contribution in [0.15, 0.2) is 23.3 Å². The first-order chi connectivity index (χ1) is 21.1. The first-order valence-electron chi connectivity index (χ1n) is 18.0. The maximum Gasteiger partial charge on any atom is 0.155 e. The number of rotatable bonds is 0. The summed E-state index contributed by atoms with van der Waals surface area (Å²) in [6, 6.07) is 0. The molecule has 0 bridgehead atoms. The average molecular weight is 595 g/mol. The van der Waals surface area contributed by atoms with Crippen molar-refractivity contribution in [1.29, 1.82) is 0 Å². The van der Waals surface area contributed by atoms with E-state index in [0.717, 1.165) is 77.0 Å². The second-order valence-electron chi connectivity index (χ2n) is 16.8. The molecule has 0 heterocycles. The van der Waals surface area contributed by atoms with Crippen LogP contribution in [0.4, 0.5) is 0 Å². The van der Waals surface area contributed by atoms with E-state index < -0.39 is 11.2 Å². The lowest BCUT2D eigenvalue weighted by atomic mass is 9.50. The minimum Gasteiger partial charge on any atom is -0.377 e. The van der Waals surface area contributed by atoms with Crippen LogP contribution in [0.1, 0.15) is 117 Å². The maximum absolute atomic E-state index is 12.1. The Morgan fingerprint density at radius 1 is 0.568 bits per heavy atom. The standard InChI is InChI=1S/C40H50O4/c1-37-19-13-31-29-11-7-27(41)23-25(29)5-9-33(31)35(37)15-21-39(37,43)17-3-4-18-40(44)22-16-36-34-10-6-26-24-28(42)8-12-30(26)32(34)14-20-38(36,40)2/h23-24,29-36,43-44H,5-16,19-22H2,1-2H3/t29-,30+,31-,32-,33+,34-,35+,36-,37+,38-,39-,40+/m1/s1. The van der Waals surface area contributed by atoms with E-state index in [-0.39, 0.29) is 10.8 Å². The predicted octanol–water partition coefficient (Wildman–Crippen LogP) is 6.74. The van der Waals surface area contributed by atoms with Crippen LogP contribution in [0, 0.1) is 81.9 Å². The molecule has 0 aromatic carbocycles. The molecule has 6 fully saturated rings. The van der Waals surface area contributed by atoms with Gasteiger partial charge in [-0.3, -0.25) is 9.59 Å². The van der Waals surface area contributed by atoms with Crippen molar-refractivity contribution in [2.45, 2.75) is 128 Å². The van der Waals surface area contributed by atoms with Crippen LogP contribution in [0.25, 0.3) is 0 Å². The number of hydrogen-bond acceptors (Lipinski definition) is 4. The molecule has 0 amide bonds. The molecule has 4 nitrogen and oxygen atoms in total. The van der Waals surface area contributed by atoms with Gasteiger partial charge in [0.25, 0.3) is 0 Å². The number of carbonyl (C=O) groups excluding carboxylic acids is 2. The number of ketones is 2. The van der Waals surface area contributed by atoms with Crippen molar-refractivity contribution in [3.8, 4) is 23.7 Å². The Labute approximate surface area is 263 Å². The fraction of sp³-hybridized carbons (Fsp3) is 0.750. The van der Waals surface area contributed by atoms with Gasteiger partial charge < -0.3 is 10.2 Å². The van der Waals surface area contributed by atoms with Crippen LogP contribution in [0.5, 0.6) is 0 Å². The van der Waals surface area contributed by atoms with E-state index in [4.69, 9.17) is 0 Å². The number of hydrogen-bond donors (Lipinski definition) is 2. The maximum atomic E-state index is 12.1. The minimum absolute atomic E-state index is 0.230. The quantitative estimate of drug-likeness (QED) is 0.305. The zero-order valence-electron chi connectivity index (χ0n) is 26.8. The van der Waals surface area contributed by atoms with E-state index >= 15 is 0 Å². The zero-order valence-corrected chi connectivity index (χ0v) is 26.8. The van der Waals surface area contributed by atoms with Gasteiger partial charge in [0.15, 0.2) is 11.6 Å². The monoisotopic (exact) mass is 594 g/mol. The van der Waals surface area contributed by atoms with Crippen molar-refractivity contribution in [3.63, 3.8) is 0 Å². The molecule has 2 N–H and O–H groups in total. The van der Waals surface area contributed by atoms with Gasteiger partial charge in [-0.15, -0.1) is 0 Å². The molecule has 0 unspecified atom stereocenters. The highest BCUT2D eigenvalue weighted by Crippen LogP contribution is 2.66. The molecule has 12 atom stereocenters. The number of allylic oxidation sites excluding steroid dienone is 2. The molecule has 234 valence electrons. The van der Waals surface area contributed by atoms with Gasteiger partial charge in [-0.25, -0.2) is 0 Å². The van der Waals surface area contributed by atoms with Crippen molar-refractivity contribution in [2.24, 2.45) is 58.2 Å². The molecule has 0 aromatic rings. The highest BCUT2D eigenvalue weighted by molar-refractivity contribution is 5.91. The van der Waals surface area contributed by atoms with Gasteiger partial charge in [-0.2, -0.15) is 0 Å². The summed E-state index contributed by atoms with van der Waals surface area (Å²) in [6.45, 7) is 4.56. The molecule has 44 heavy (non-hydrogen) atoms. The Balaban J connectivity index is 0.987. The third kappa shape index (κ3) is 4.12. The number of carbonyl (C=O) groups is 2. The molecule has 0 spiro atoms. The molecule has 0 aliphatic heterocycles. The molecule has 6 saturated carbocycles. The lowest BCUT2D eigenvalue weighted by Crippen LogP contribution is -2.52. The van der Waals surface area contributed by atoms with Crippen molar-refractivity contribution in [2.75, 3.05) is 0 Å². The van der Waals surface area contributed by atoms with Crippen LogP contribution in [-0.2, 0) is 9.59 Å². The molecule has 8 rings (SSSR count). The summed E-state index contributed by atoms with van der Waals surface area (Å²) in [4.78, 5) is 24.1. The molecule has 4 heteroatoms. The van der Waals surface area contributed by atoms with Crippen LogP contribution in [-0.4, -0.2) is 33.0 Å². The van der Waals surface area contributed by atoms with E-state index in [1.54, 1.807) is 0 Å². The average Bonchev–Trinajstić information content (AvgIpc) is 3.44. The van der Waals surface area contributed by atoms with Crippen molar-refractivity contribution >= 4 is 11.6 Å². The topological polar surface area (TPSA) is 74.6 Å². The summed E-state index contributed by atoms with van der Waals surface area (Å²) >= 11 is 0. The Bertz CT molecular complexity index is 1350. The molecule has 8 aliphatic rings. The first-order valence-corrected chi connectivity index (χ1v) is 18.0. The predicted molar refractivity (Wildman–Crippen MR) is 170 cm³/mol. The summed E-state index contributed by atoms with van der Waals surface area (Å²) in [5.41, 5.74) is 0.276. The normalized spacial score (nSPS) is 50.5. The lowest BCUT2D eigenvalue weighted by Gasteiger charge is -2.54. The molecular formula is C40H50O4. The summed E-state index contributed by atoms with van der Waals surface area (Å²) < 4.78 is 0. The fourth-order valence-corrected chi connectivity index (χ4v) is 13.1. The number of fused-ring (bicyclic) bond motifs is 10. The van der Waals surface area contributed by atoms with Gasteiger partial charge >= 0.3 is 0 Å². The molecule has 0 saturated heterocycles. The van der Waals surface area contributed by atoms with Crippen molar-refractivity contribution < 1.29 is 19.8 Å². The van der Waals surface area contributed by atoms with E-state index in [1.165, 1.54) is 11.1 Å². The highest BCUT2D eigenvalue weighted by atomic mass is 16.3. The minimum atomic E-state index is -1.03. The second-order valence-corrected chi connectivity index (χ2v) is 16.8. The van der Waals surface area contributed by atoms with Crippen LogP contribution < -0.4 is 0 Å². The third-order valence-electron chi connectivity index (χ3n) is 15.5. The van der Waals surface area contributed by atoms with Crippen LogP contribution >= 0.6 is 0 Å². The Hall–Kier alpha value is -2.14. The van der Waals surface area contributed by atoms with E-state index in [0.29, 0.717) is 84.6 Å². The van der Waals surface area contributed by atoms with Crippen molar-refractivity contribution in [1.82, 2.24) is 0 Å². The van der Waals surface area contributed by atoms with Gasteiger partial charge in [-0.1, -0.05) is 36.8 Å². The van der Waals surface area contributed by atoms with Gasteiger partial charge in [0.1, 0.15) is 11.2 Å². The van der Waals surface area contributed by atoms with Gasteiger partial charge in [0.2, 0.25) is 0 Å². The van der Waals surface area contributed by atoms with Crippen LogP contribution in [0.2, 0.25) is 0 Å². The molecular weight excluding hydrogens is 544 g/mol. The summed E-state index contributed by atoms with van der Waals surface area (Å²) in [5, 5.41) is 24.1. The van der Waals surface area contributed by atoms with Crippen molar-refractivity contribution in [3.05, 3.63) is 23.3 Å². The largest absolute Gasteiger partial charge is 0.377 e. The first kappa shape index (κ1) is 29.3. The Morgan fingerprint density at radius 2 is 1.00 bits per heavy atom. The highest BCUT2D eigenvalue weighted by Gasteiger charge is 2.63. The van der Waals surface area contributed by atoms with Gasteiger partial charge in [0.05, 0.1) is 0 Å². The molecule has 0 aromatic heterocycles. The summed E-state index contributed by atoms with van der Waals surface area (Å²) in [6.07, 6.45) is 19.3. The Morgan fingerprint density at radius 3 is 1.43 bits per heavy atom. The van der Waals surface area contributed by atoms with E-state index in [2.05, 4.69) is 37.5 Å². The SMILES string of the molecule is C[C@]12CC[C@H]3[C@H](CCC4=CC(=O)CC[C@H]43)[C@@H]1CC[C@]2(O)C#CC#C[C@]1(O)CC[C@@H]2[C@@H]3CCC4=CC(=O)CC[C@@H]4[C@H]3CC[C@]21C.